The Kier molecular flexibility index (Phi) is 10.2. The number of carbonyl (C=O) groups is 2. The van der Waals surface area contributed by atoms with Crippen molar-refractivity contribution in [3.63, 3.8) is 0 Å². The molecule has 2 aliphatic rings. The summed E-state index contributed by atoms with van der Waals surface area (Å²) >= 11 is 0. The maximum Gasteiger partial charge on any atom is 0.334 e. The van der Waals surface area contributed by atoms with E-state index in [2.05, 4.69) is 64.7 Å². The molecule has 0 amide bonds. The summed E-state index contributed by atoms with van der Waals surface area (Å²) in [6.07, 6.45) is 6.96. The summed E-state index contributed by atoms with van der Waals surface area (Å²) in [6.45, 7) is 10.4. The Bertz CT molecular complexity index is 1600. The smallest absolute Gasteiger partial charge is 0.334 e. The summed E-state index contributed by atoms with van der Waals surface area (Å²) in [5, 5.41) is 11.3. The number of ether oxygens (including phenoxy) is 2. The molecule has 1 aliphatic heterocycles. The number of furan rings is 1. The van der Waals surface area contributed by atoms with Crippen molar-refractivity contribution in [2.24, 2.45) is 23.7 Å². The van der Waals surface area contributed by atoms with Gasteiger partial charge in [-0.25, -0.2) is 4.79 Å². The van der Waals surface area contributed by atoms with E-state index in [1.807, 2.05) is 30.3 Å². The van der Waals surface area contributed by atoms with Crippen LogP contribution in [-0.4, -0.2) is 35.9 Å². The van der Waals surface area contributed by atoms with Crippen LogP contribution in [0.5, 0.6) is 0 Å². The van der Waals surface area contributed by atoms with Gasteiger partial charge in [-0.3, -0.25) is 4.79 Å². The van der Waals surface area contributed by atoms with Crippen LogP contribution in [0.1, 0.15) is 87.8 Å². The van der Waals surface area contributed by atoms with Crippen molar-refractivity contribution in [1.82, 2.24) is 0 Å². The van der Waals surface area contributed by atoms with Crippen LogP contribution in [0, 0.1) is 42.4 Å². The fraction of sp³-hybridized carbons (Fsp3) is 0.487. The largest absolute Gasteiger partial charge is 0.461 e. The summed E-state index contributed by atoms with van der Waals surface area (Å²) in [4.78, 5) is 26.0. The van der Waals surface area contributed by atoms with Crippen molar-refractivity contribution in [3.05, 3.63) is 82.1 Å². The van der Waals surface area contributed by atoms with Crippen LogP contribution in [0.15, 0.2) is 58.5 Å². The average Bonchev–Trinajstić information content (AvgIpc) is 3.54. The molecule has 45 heavy (non-hydrogen) atoms. The normalized spacial score (nSPS) is 20.5. The van der Waals surface area contributed by atoms with E-state index in [0.717, 1.165) is 52.7 Å². The number of allylic oxidation sites excluding steroid dienone is 1. The van der Waals surface area contributed by atoms with Gasteiger partial charge in [0.1, 0.15) is 18.0 Å². The van der Waals surface area contributed by atoms with Gasteiger partial charge in [0.25, 0.3) is 0 Å². The van der Waals surface area contributed by atoms with E-state index in [1.54, 1.807) is 0 Å². The molecule has 3 aromatic rings. The molecule has 5 rings (SSSR count). The molecule has 2 atom stereocenters. The van der Waals surface area contributed by atoms with Gasteiger partial charge in [0.2, 0.25) is 0 Å². The lowest BCUT2D eigenvalue weighted by Crippen LogP contribution is -2.40. The van der Waals surface area contributed by atoms with Crippen molar-refractivity contribution in [2.45, 2.75) is 85.2 Å². The molecule has 6 heteroatoms. The monoisotopic (exact) mass is 610 g/mol. The minimum atomic E-state index is -1.24. The summed E-state index contributed by atoms with van der Waals surface area (Å²) in [6, 6.07) is 14.1. The van der Waals surface area contributed by atoms with Gasteiger partial charge in [0, 0.05) is 40.5 Å². The zero-order valence-corrected chi connectivity index (χ0v) is 27.3. The van der Waals surface area contributed by atoms with Crippen molar-refractivity contribution in [2.75, 3.05) is 13.2 Å². The molecule has 0 spiro atoms. The highest BCUT2D eigenvalue weighted by Crippen LogP contribution is 2.37. The van der Waals surface area contributed by atoms with Crippen molar-refractivity contribution >= 4 is 22.9 Å². The molecule has 1 N–H and O–H groups in total. The Morgan fingerprint density at radius 1 is 1.07 bits per heavy atom. The van der Waals surface area contributed by atoms with Gasteiger partial charge in [0.15, 0.2) is 5.60 Å². The summed E-state index contributed by atoms with van der Waals surface area (Å²) < 4.78 is 17.5. The van der Waals surface area contributed by atoms with E-state index in [-0.39, 0.29) is 24.9 Å². The van der Waals surface area contributed by atoms with E-state index in [0.29, 0.717) is 42.6 Å². The van der Waals surface area contributed by atoms with E-state index >= 15 is 0 Å². The molecule has 1 aromatic heterocycles. The van der Waals surface area contributed by atoms with Crippen LogP contribution < -0.4 is 0 Å². The van der Waals surface area contributed by atoms with E-state index in [1.165, 1.54) is 5.56 Å². The summed E-state index contributed by atoms with van der Waals surface area (Å²) in [5.41, 5.74) is 4.31. The molecule has 238 valence electrons. The van der Waals surface area contributed by atoms with Crippen molar-refractivity contribution < 1.29 is 28.6 Å². The lowest BCUT2D eigenvalue weighted by Gasteiger charge is -2.26. The van der Waals surface area contributed by atoms with Gasteiger partial charge < -0.3 is 19.0 Å². The third kappa shape index (κ3) is 8.07. The van der Waals surface area contributed by atoms with E-state index in [4.69, 9.17) is 13.9 Å². The van der Waals surface area contributed by atoms with Gasteiger partial charge in [-0.1, -0.05) is 63.3 Å². The number of aliphatic hydroxyl groups excluding tert-OH is 1. The van der Waals surface area contributed by atoms with Crippen LogP contribution in [0.2, 0.25) is 0 Å². The first-order chi connectivity index (χ1) is 21.5. The third-order valence-corrected chi connectivity index (χ3v) is 8.94. The minimum Gasteiger partial charge on any atom is -0.461 e. The fourth-order valence-electron chi connectivity index (χ4n) is 6.68. The zero-order valence-electron chi connectivity index (χ0n) is 27.3. The van der Waals surface area contributed by atoms with Crippen LogP contribution in [0.3, 0.4) is 0 Å². The van der Waals surface area contributed by atoms with Crippen LogP contribution in [0.25, 0.3) is 11.0 Å². The number of fused-ring (bicyclic) bond motifs is 3. The highest BCUT2D eigenvalue weighted by atomic mass is 16.6. The lowest BCUT2D eigenvalue weighted by atomic mass is 9.86. The molecular weight excluding hydrogens is 564 g/mol. The molecule has 6 nitrogen and oxygen atoms in total. The van der Waals surface area contributed by atoms with Crippen molar-refractivity contribution in [1.29, 1.82) is 0 Å². The van der Waals surface area contributed by atoms with Gasteiger partial charge >= 0.3 is 11.9 Å². The number of hydrogen-bond donors (Lipinski definition) is 1. The average molecular weight is 611 g/mol. The molecule has 0 saturated carbocycles. The number of aryl methyl sites for hydroxylation is 2. The standard InChI is InChI=1S/C39H46O6/c1-25(2)18-30(19-26(3)4)12-14-32-22-39(23-40,45-38(32)42)24-43-37(41)31-15-16-33-34-20-29(13-17-35(34)44-36(33)21-31)11-10-28-8-6-27(5)7-9-28/h6-9,13-14,17,20,25-26,30-31,40H,12,15-16,18-19,21-24H2,1-5H3/b32-14+/t31-,39+/m0/s1. The second kappa shape index (κ2) is 14.1. The quantitative estimate of drug-likeness (QED) is 0.145. The topological polar surface area (TPSA) is 86.0 Å². The minimum absolute atomic E-state index is 0.167. The number of aliphatic hydroxyl groups is 1. The number of benzene rings is 2. The second-order valence-electron chi connectivity index (χ2n) is 13.9. The molecule has 1 saturated heterocycles. The SMILES string of the molecule is Cc1ccc(C#Cc2ccc3oc4c(c3c2)CC[C@H](C(=O)OC[C@]2(CO)C/C(=C\CC(CC(C)C)CC(C)C)C(=O)O2)C4)cc1. The first kappa shape index (κ1) is 32.6. The fourth-order valence-corrected chi connectivity index (χ4v) is 6.68. The highest BCUT2D eigenvalue weighted by molar-refractivity contribution is 5.91. The number of carbonyl (C=O) groups excluding carboxylic acids is 2. The maximum atomic E-state index is 13.2. The van der Waals surface area contributed by atoms with E-state index in [9.17, 15) is 14.7 Å². The molecule has 2 aromatic carbocycles. The van der Waals surface area contributed by atoms with Gasteiger partial charge in [-0.2, -0.15) is 0 Å². The molecule has 0 radical (unpaired) electrons. The Labute approximate surface area is 267 Å². The Morgan fingerprint density at radius 2 is 1.76 bits per heavy atom. The predicted molar refractivity (Wildman–Crippen MR) is 175 cm³/mol. The number of rotatable bonds is 10. The van der Waals surface area contributed by atoms with Crippen molar-refractivity contribution in [3.8, 4) is 11.8 Å². The molecule has 2 heterocycles. The van der Waals surface area contributed by atoms with E-state index < -0.39 is 18.2 Å². The Hall–Kier alpha value is -3.82. The number of esters is 2. The number of cyclic esters (lactones) is 1. The van der Waals surface area contributed by atoms with Gasteiger partial charge in [-0.15, -0.1) is 0 Å². The van der Waals surface area contributed by atoms with Crippen LogP contribution >= 0.6 is 0 Å². The predicted octanol–water partition coefficient (Wildman–Crippen LogP) is 7.49. The number of hydrogen-bond acceptors (Lipinski definition) is 6. The lowest BCUT2D eigenvalue weighted by molar-refractivity contribution is -0.169. The van der Waals surface area contributed by atoms with Gasteiger partial charge in [0.05, 0.1) is 12.5 Å². The third-order valence-electron chi connectivity index (χ3n) is 8.94. The zero-order chi connectivity index (χ0) is 32.1. The first-order valence-corrected chi connectivity index (χ1v) is 16.4. The molecule has 1 aliphatic carbocycles. The first-order valence-electron chi connectivity index (χ1n) is 16.4. The molecule has 1 fully saturated rings. The second-order valence-corrected chi connectivity index (χ2v) is 13.9. The maximum absolute atomic E-state index is 13.2. The summed E-state index contributed by atoms with van der Waals surface area (Å²) in [7, 11) is 0. The van der Waals surface area contributed by atoms with Gasteiger partial charge in [-0.05, 0) is 87.1 Å². The van der Waals surface area contributed by atoms with Crippen LogP contribution in [0.4, 0.5) is 0 Å². The molecular formula is C39H46O6. The molecule has 0 unspecified atom stereocenters. The summed E-state index contributed by atoms with van der Waals surface area (Å²) in [5.74, 6) is 7.77. The Balaban J connectivity index is 1.20. The Morgan fingerprint density at radius 3 is 2.44 bits per heavy atom. The molecule has 0 bridgehead atoms. The highest BCUT2D eigenvalue weighted by Gasteiger charge is 2.45. The van der Waals surface area contributed by atoms with Crippen LogP contribution in [-0.2, 0) is 31.9 Å².